The topological polar surface area (TPSA) is 104 Å². The van der Waals surface area contributed by atoms with Crippen LogP contribution in [0.4, 0.5) is 19.1 Å². The SMILES string of the molecule is Cn1cc(-c2c(-c3ccc(F)cc3)nc(N)n3nc(Cc4ncc(F)cc4F)nc23)ccc1=O. The summed E-state index contributed by atoms with van der Waals surface area (Å²) in [6.07, 6.45) is 2.40. The number of halogens is 3. The first-order chi connectivity index (χ1) is 16.3. The van der Waals surface area contributed by atoms with Gasteiger partial charge in [0.05, 0.1) is 29.6 Å². The number of benzene rings is 1. The van der Waals surface area contributed by atoms with Gasteiger partial charge < -0.3 is 10.3 Å². The summed E-state index contributed by atoms with van der Waals surface area (Å²) in [5.74, 6) is -1.86. The number of fused-ring (bicyclic) bond motifs is 1. The zero-order chi connectivity index (χ0) is 24.0. The van der Waals surface area contributed by atoms with Crippen molar-refractivity contribution in [3.63, 3.8) is 0 Å². The molecule has 5 aromatic rings. The van der Waals surface area contributed by atoms with Gasteiger partial charge in [-0.1, -0.05) is 0 Å². The van der Waals surface area contributed by atoms with Crippen LogP contribution in [0.2, 0.25) is 0 Å². The van der Waals surface area contributed by atoms with Gasteiger partial charge in [0.15, 0.2) is 11.5 Å². The van der Waals surface area contributed by atoms with Crippen LogP contribution < -0.4 is 11.3 Å². The molecule has 2 N–H and O–H groups in total. The van der Waals surface area contributed by atoms with E-state index in [1.165, 1.54) is 27.3 Å². The van der Waals surface area contributed by atoms with E-state index < -0.39 is 17.5 Å². The average molecular weight is 463 g/mol. The molecule has 0 radical (unpaired) electrons. The molecule has 4 heterocycles. The fourth-order valence-electron chi connectivity index (χ4n) is 3.62. The third-order valence-corrected chi connectivity index (χ3v) is 5.26. The number of anilines is 1. The maximum Gasteiger partial charge on any atom is 0.250 e. The molecular weight excluding hydrogens is 447 g/mol. The monoisotopic (exact) mass is 463 g/mol. The lowest BCUT2D eigenvalue weighted by molar-refractivity contribution is 0.560. The van der Waals surface area contributed by atoms with Gasteiger partial charge in [0.25, 0.3) is 0 Å². The molecule has 0 saturated carbocycles. The summed E-state index contributed by atoms with van der Waals surface area (Å²) < 4.78 is 43.6. The van der Waals surface area contributed by atoms with Crippen molar-refractivity contribution in [3.05, 3.63) is 94.2 Å². The van der Waals surface area contributed by atoms with E-state index in [1.54, 1.807) is 31.4 Å². The van der Waals surface area contributed by atoms with Gasteiger partial charge in [-0.2, -0.15) is 4.52 Å². The lowest BCUT2D eigenvalue weighted by Crippen LogP contribution is -2.14. The van der Waals surface area contributed by atoms with Crippen LogP contribution in [0.25, 0.3) is 28.0 Å². The van der Waals surface area contributed by atoms with Crippen molar-refractivity contribution in [2.45, 2.75) is 6.42 Å². The first kappa shape index (κ1) is 21.3. The molecule has 4 aromatic heterocycles. The molecule has 0 fully saturated rings. The average Bonchev–Trinajstić information content (AvgIpc) is 3.22. The van der Waals surface area contributed by atoms with Crippen molar-refractivity contribution < 1.29 is 13.2 Å². The lowest BCUT2D eigenvalue weighted by atomic mass is 10.0. The van der Waals surface area contributed by atoms with Crippen LogP contribution in [-0.4, -0.2) is 29.1 Å². The van der Waals surface area contributed by atoms with Crippen LogP contribution in [0.15, 0.2) is 59.7 Å². The number of nitrogens with zero attached hydrogens (tertiary/aromatic N) is 6. The maximum absolute atomic E-state index is 14.2. The largest absolute Gasteiger partial charge is 0.368 e. The highest BCUT2D eigenvalue weighted by atomic mass is 19.1. The molecule has 0 unspecified atom stereocenters. The molecule has 0 aliphatic heterocycles. The number of rotatable bonds is 4. The Balaban J connectivity index is 1.75. The lowest BCUT2D eigenvalue weighted by Gasteiger charge is -2.12. The number of pyridine rings is 2. The zero-order valence-electron chi connectivity index (χ0n) is 17.7. The number of nitrogens with two attached hydrogens (primary N) is 1. The van der Waals surface area contributed by atoms with Crippen LogP contribution in [0, 0.1) is 17.5 Å². The predicted molar refractivity (Wildman–Crippen MR) is 118 cm³/mol. The minimum Gasteiger partial charge on any atom is -0.368 e. The van der Waals surface area contributed by atoms with Gasteiger partial charge in [-0.25, -0.2) is 23.1 Å². The molecule has 0 spiro atoms. The minimum atomic E-state index is -0.824. The van der Waals surface area contributed by atoms with E-state index in [1.807, 2.05) is 0 Å². The molecule has 0 atom stereocenters. The fourth-order valence-corrected chi connectivity index (χ4v) is 3.62. The molecule has 0 saturated heterocycles. The fraction of sp³-hybridized carbons (Fsp3) is 0.0870. The number of aromatic nitrogens is 6. The third kappa shape index (κ3) is 3.76. The van der Waals surface area contributed by atoms with Crippen LogP contribution in [0.3, 0.4) is 0 Å². The molecule has 5 rings (SSSR count). The van der Waals surface area contributed by atoms with Crippen molar-refractivity contribution in [3.8, 4) is 22.4 Å². The molecule has 0 aliphatic carbocycles. The van der Waals surface area contributed by atoms with Crippen molar-refractivity contribution in [2.75, 3.05) is 5.73 Å². The van der Waals surface area contributed by atoms with Crippen molar-refractivity contribution in [1.29, 1.82) is 0 Å². The first-order valence-corrected chi connectivity index (χ1v) is 10.1. The van der Waals surface area contributed by atoms with E-state index in [0.29, 0.717) is 28.0 Å². The highest BCUT2D eigenvalue weighted by Crippen LogP contribution is 2.34. The highest BCUT2D eigenvalue weighted by molar-refractivity contribution is 5.90. The van der Waals surface area contributed by atoms with Crippen molar-refractivity contribution in [2.24, 2.45) is 7.05 Å². The normalized spacial score (nSPS) is 11.3. The summed E-state index contributed by atoms with van der Waals surface area (Å²) in [5, 5.41) is 4.34. The smallest absolute Gasteiger partial charge is 0.250 e. The van der Waals surface area contributed by atoms with Crippen LogP contribution in [0.1, 0.15) is 11.5 Å². The number of aryl methyl sites for hydroxylation is 1. The molecule has 0 bridgehead atoms. The molecule has 11 heteroatoms. The number of hydrogen-bond donors (Lipinski definition) is 1. The molecule has 170 valence electrons. The van der Waals surface area contributed by atoms with Crippen molar-refractivity contribution >= 4 is 11.6 Å². The van der Waals surface area contributed by atoms with Gasteiger partial charge in [0, 0.05) is 36.5 Å². The summed E-state index contributed by atoms with van der Waals surface area (Å²) in [5.41, 5.74) is 8.24. The van der Waals surface area contributed by atoms with E-state index >= 15 is 0 Å². The Bertz CT molecular complexity index is 1610. The second-order valence-electron chi connectivity index (χ2n) is 7.59. The molecule has 0 aliphatic rings. The molecule has 0 amide bonds. The molecular formula is C23H16F3N7O. The van der Waals surface area contributed by atoms with Crippen LogP contribution >= 0.6 is 0 Å². The van der Waals surface area contributed by atoms with Crippen molar-refractivity contribution in [1.82, 2.24) is 29.1 Å². The second kappa shape index (κ2) is 8.10. The van der Waals surface area contributed by atoms with Gasteiger partial charge in [0.2, 0.25) is 11.5 Å². The number of nitrogen functional groups attached to an aromatic ring is 1. The molecule has 8 nitrogen and oxygen atoms in total. The summed E-state index contributed by atoms with van der Waals surface area (Å²) in [7, 11) is 1.60. The quantitative estimate of drug-likeness (QED) is 0.439. The Morgan fingerprint density at radius 2 is 1.71 bits per heavy atom. The Hall–Kier alpha value is -4.54. The number of hydrogen-bond acceptors (Lipinski definition) is 6. The summed E-state index contributed by atoms with van der Waals surface area (Å²) in [4.78, 5) is 24.7. The Morgan fingerprint density at radius 1 is 0.971 bits per heavy atom. The van der Waals surface area contributed by atoms with E-state index in [-0.39, 0.29) is 29.4 Å². The summed E-state index contributed by atoms with van der Waals surface area (Å²) in [6.45, 7) is 0. The van der Waals surface area contributed by atoms with E-state index in [0.717, 1.165) is 12.3 Å². The predicted octanol–water partition coefficient (Wildman–Crippen LogP) is 3.14. The minimum absolute atomic E-state index is 0.00539. The van der Waals surface area contributed by atoms with Gasteiger partial charge in [0.1, 0.15) is 17.5 Å². The first-order valence-electron chi connectivity index (χ1n) is 10.1. The van der Waals surface area contributed by atoms with Gasteiger partial charge >= 0.3 is 0 Å². The van der Waals surface area contributed by atoms with Gasteiger partial charge in [-0.15, -0.1) is 5.10 Å². The van der Waals surface area contributed by atoms with E-state index in [4.69, 9.17) is 5.73 Å². The summed E-state index contributed by atoms with van der Waals surface area (Å²) >= 11 is 0. The molecule has 1 aromatic carbocycles. The Kier molecular flexibility index (Phi) is 5.08. The molecule has 34 heavy (non-hydrogen) atoms. The van der Waals surface area contributed by atoms with Crippen LogP contribution in [-0.2, 0) is 13.5 Å². The highest BCUT2D eigenvalue weighted by Gasteiger charge is 2.21. The van der Waals surface area contributed by atoms with E-state index in [9.17, 15) is 18.0 Å². The Labute approximate surface area is 190 Å². The van der Waals surface area contributed by atoms with Gasteiger partial charge in [-0.05, 0) is 30.3 Å². The standard InChI is InChI=1S/C23H16F3N7O/c1-32-11-13(4-7-19(32)34)20-21(12-2-5-14(24)6-3-12)30-23(27)33-22(20)29-18(31-33)9-17-16(26)8-15(25)10-28-17/h2-8,10-11H,9H2,1H3,(H2,27,30). The second-order valence-corrected chi connectivity index (χ2v) is 7.59. The Morgan fingerprint density at radius 3 is 2.41 bits per heavy atom. The third-order valence-electron chi connectivity index (χ3n) is 5.26. The zero-order valence-corrected chi connectivity index (χ0v) is 17.7. The maximum atomic E-state index is 14.2. The van der Waals surface area contributed by atoms with Crippen LogP contribution in [0.5, 0.6) is 0 Å². The van der Waals surface area contributed by atoms with Gasteiger partial charge in [-0.3, -0.25) is 9.78 Å². The van der Waals surface area contributed by atoms with E-state index in [2.05, 4.69) is 20.1 Å². The summed E-state index contributed by atoms with van der Waals surface area (Å²) in [6, 6.07) is 9.42.